The predicted molar refractivity (Wildman–Crippen MR) is 84.8 cm³/mol. The fourth-order valence-corrected chi connectivity index (χ4v) is 2.33. The van der Waals surface area contributed by atoms with E-state index in [9.17, 15) is 14.0 Å². The summed E-state index contributed by atoms with van der Waals surface area (Å²) in [6.07, 6.45) is 0. The van der Waals surface area contributed by atoms with E-state index in [-0.39, 0.29) is 18.0 Å². The van der Waals surface area contributed by atoms with Crippen LogP contribution in [0.25, 0.3) is 11.0 Å². The first-order valence-electron chi connectivity index (χ1n) is 7.10. The van der Waals surface area contributed by atoms with Crippen LogP contribution in [0.2, 0.25) is 0 Å². The molecule has 116 valence electrons. The number of carbonyl (C=O) groups is 1. The van der Waals surface area contributed by atoms with Crippen LogP contribution in [0, 0.1) is 12.7 Å². The van der Waals surface area contributed by atoms with Gasteiger partial charge in [-0.1, -0.05) is 17.7 Å². The highest BCUT2D eigenvalue weighted by atomic mass is 19.1. The Morgan fingerprint density at radius 3 is 2.61 bits per heavy atom. The Morgan fingerprint density at radius 1 is 1.13 bits per heavy atom. The molecule has 3 aromatic rings. The molecule has 0 spiro atoms. The van der Waals surface area contributed by atoms with Gasteiger partial charge in [0.15, 0.2) is 0 Å². The summed E-state index contributed by atoms with van der Waals surface area (Å²) in [5.74, 6) is -0.727. The third-order valence-corrected chi connectivity index (χ3v) is 3.55. The average Bonchev–Trinajstić information content (AvgIpc) is 2.52. The van der Waals surface area contributed by atoms with E-state index in [2.05, 4.69) is 5.32 Å². The molecule has 0 atom stereocenters. The number of nitrogens with one attached hydrogen (secondary N) is 1. The van der Waals surface area contributed by atoms with Crippen molar-refractivity contribution in [2.75, 3.05) is 0 Å². The zero-order valence-electron chi connectivity index (χ0n) is 12.4. The zero-order chi connectivity index (χ0) is 16.4. The maximum atomic E-state index is 13.2. The summed E-state index contributed by atoms with van der Waals surface area (Å²) >= 11 is 0. The van der Waals surface area contributed by atoms with Crippen molar-refractivity contribution in [2.45, 2.75) is 13.5 Å². The van der Waals surface area contributed by atoms with Gasteiger partial charge < -0.3 is 9.73 Å². The van der Waals surface area contributed by atoms with Crippen molar-refractivity contribution in [2.24, 2.45) is 0 Å². The molecule has 3 rings (SSSR count). The highest BCUT2D eigenvalue weighted by Gasteiger charge is 2.09. The minimum atomic E-state index is -0.581. The van der Waals surface area contributed by atoms with Gasteiger partial charge in [-0.25, -0.2) is 9.18 Å². The van der Waals surface area contributed by atoms with Gasteiger partial charge in [0.2, 0.25) is 0 Å². The molecule has 5 heteroatoms. The Kier molecular flexibility index (Phi) is 3.93. The average molecular weight is 311 g/mol. The van der Waals surface area contributed by atoms with Crippen LogP contribution in [0.3, 0.4) is 0 Å². The van der Waals surface area contributed by atoms with Crippen molar-refractivity contribution in [1.82, 2.24) is 5.32 Å². The Balaban J connectivity index is 1.85. The molecule has 0 saturated carbocycles. The Bertz CT molecular complexity index is 929. The summed E-state index contributed by atoms with van der Waals surface area (Å²) < 4.78 is 18.2. The summed E-state index contributed by atoms with van der Waals surface area (Å²) in [6, 6.07) is 12.4. The number of halogens is 1. The summed E-state index contributed by atoms with van der Waals surface area (Å²) in [5.41, 5.74) is 1.76. The second-order valence-electron chi connectivity index (χ2n) is 5.28. The molecule has 1 amide bonds. The van der Waals surface area contributed by atoms with Crippen LogP contribution in [0.4, 0.5) is 4.39 Å². The summed E-state index contributed by atoms with van der Waals surface area (Å²) in [5, 5.41) is 3.35. The maximum absolute atomic E-state index is 13.2. The lowest BCUT2D eigenvalue weighted by Gasteiger charge is -2.08. The van der Waals surface area contributed by atoms with E-state index in [0.717, 1.165) is 11.6 Å². The Labute approximate surface area is 131 Å². The van der Waals surface area contributed by atoms with Crippen LogP contribution in [-0.4, -0.2) is 5.91 Å². The zero-order valence-corrected chi connectivity index (χ0v) is 12.4. The molecule has 0 radical (unpaired) electrons. The third kappa shape index (κ3) is 3.29. The normalized spacial score (nSPS) is 10.7. The van der Waals surface area contributed by atoms with Crippen molar-refractivity contribution in [3.8, 4) is 0 Å². The van der Waals surface area contributed by atoms with Gasteiger partial charge >= 0.3 is 5.63 Å². The van der Waals surface area contributed by atoms with Crippen LogP contribution in [0.1, 0.15) is 21.5 Å². The number of hydrogen-bond acceptors (Lipinski definition) is 3. The minimum Gasteiger partial charge on any atom is -0.423 e. The van der Waals surface area contributed by atoms with Crippen LogP contribution < -0.4 is 10.9 Å². The van der Waals surface area contributed by atoms with E-state index in [1.807, 2.05) is 19.1 Å². The largest absolute Gasteiger partial charge is 0.423 e. The molecule has 0 fully saturated rings. The molecule has 0 aliphatic heterocycles. The highest BCUT2D eigenvalue weighted by molar-refractivity contribution is 5.94. The molecule has 0 aliphatic carbocycles. The lowest BCUT2D eigenvalue weighted by atomic mass is 10.1. The van der Waals surface area contributed by atoms with Crippen LogP contribution in [0.15, 0.2) is 57.7 Å². The monoisotopic (exact) mass is 311 g/mol. The summed E-state index contributed by atoms with van der Waals surface area (Å²) in [7, 11) is 0. The number of hydrogen-bond donors (Lipinski definition) is 1. The first-order chi connectivity index (χ1) is 11.0. The lowest BCUT2D eigenvalue weighted by molar-refractivity contribution is 0.0951. The van der Waals surface area contributed by atoms with E-state index < -0.39 is 11.4 Å². The van der Waals surface area contributed by atoms with Gasteiger partial charge in [0.05, 0.1) is 0 Å². The van der Waals surface area contributed by atoms with Gasteiger partial charge in [-0.15, -0.1) is 0 Å². The third-order valence-electron chi connectivity index (χ3n) is 3.55. The number of aryl methyl sites for hydroxylation is 1. The second-order valence-corrected chi connectivity index (χ2v) is 5.28. The molecule has 0 bridgehead atoms. The maximum Gasteiger partial charge on any atom is 0.336 e. The van der Waals surface area contributed by atoms with Gasteiger partial charge in [0.25, 0.3) is 5.91 Å². The molecular weight excluding hydrogens is 297 g/mol. The van der Waals surface area contributed by atoms with Gasteiger partial charge in [0, 0.05) is 29.6 Å². The molecule has 2 aromatic carbocycles. The van der Waals surface area contributed by atoms with Crippen molar-refractivity contribution >= 4 is 16.9 Å². The number of benzene rings is 2. The summed E-state index contributed by atoms with van der Waals surface area (Å²) in [6.45, 7) is 2.09. The minimum absolute atomic E-state index is 0.153. The number of fused-ring (bicyclic) bond motifs is 1. The van der Waals surface area contributed by atoms with Crippen molar-refractivity contribution < 1.29 is 13.6 Å². The Morgan fingerprint density at radius 2 is 1.87 bits per heavy atom. The fraction of sp³-hybridized carbons (Fsp3) is 0.111. The fourth-order valence-electron chi connectivity index (χ4n) is 2.33. The van der Waals surface area contributed by atoms with Gasteiger partial charge in [-0.05, 0) is 36.8 Å². The molecular formula is C18H14FNO3. The van der Waals surface area contributed by atoms with E-state index in [0.29, 0.717) is 16.5 Å². The molecule has 1 heterocycles. The van der Waals surface area contributed by atoms with Crippen LogP contribution in [-0.2, 0) is 6.54 Å². The van der Waals surface area contributed by atoms with E-state index >= 15 is 0 Å². The standard InChI is InChI=1S/C18H14FNO3/c1-11-2-4-12(5-3-11)18(22)20-10-13-8-17(21)23-16-9-14(19)6-7-15(13)16/h2-9H,10H2,1H3,(H,20,22). The summed E-state index contributed by atoms with van der Waals surface area (Å²) in [4.78, 5) is 23.7. The quantitative estimate of drug-likeness (QED) is 0.756. The lowest BCUT2D eigenvalue weighted by Crippen LogP contribution is -2.23. The van der Waals surface area contributed by atoms with E-state index in [1.165, 1.54) is 18.2 Å². The first kappa shape index (κ1) is 15.0. The molecule has 1 N–H and O–H groups in total. The number of carbonyl (C=O) groups excluding carboxylic acids is 1. The van der Waals surface area contributed by atoms with Crippen LogP contribution >= 0.6 is 0 Å². The van der Waals surface area contributed by atoms with Gasteiger partial charge in [-0.3, -0.25) is 4.79 Å². The molecule has 1 aromatic heterocycles. The molecule has 0 saturated heterocycles. The Hall–Kier alpha value is -2.95. The highest BCUT2D eigenvalue weighted by Crippen LogP contribution is 2.18. The van der Waals surface area contributed by atoms with Crippen LogP contribution in [0.5, 0.6) is 0 Å². The van der Waals surface area contributed by atoms with Gasteiger partial charge in [0.1, 0.15) is 11.4 Å². The van der Waals surface area contributed by atoms with Crippen molar-refractivity contribution in [3.05, 3.63) is 81.5 Å². The smallest absolute Gasteiger partial charge is 0.336 e. The molecule has 4 nitrogen and oxygen atoms in total. The van der Waals surface area contributed by atoms with E-state index in [4.69, 9.17) is 4.42 Å². The van der Waals surface area contributed by atoms with Crippen molar-refractivity contribution in [3.63, 3.8) is 0 Å². The number of amides is 1. The molecule has 0 unspecified atom stereocenters. The molecule has 23 heavy (non-hydrogen) atoms. The SMILES string of the molecule is Cc1ccc(C(=O)NCc2cc(=O)oc3cc(F)ccc23)cc1. The number of rotatable bonds is 3. The second kappa shape index (κ2) is 6.04. The van der Waals surface area contributed by atoms with Gasteiger partial charge in [-0.2, -0.15) is 0 Å². The van der Waals surface area contributed by atoms with E-state index in [1.54, 1.807) is 12.1 Å². The topological polar surface area (TPSA) is 59.3 Å². The van der Waals surface area contributed by atoms with Crippen molar-refractivity contribution in [1.29, 1.82) is 0 Å². The first-order valence-corrected chi connectivity index (χ1v) is 7.10. The predicted octanol–water partition coefficient (Wildman–Crippen LogP) is 3.17. The molecule has 0 aliphatic rings.